The number of nitrogens with one attached hydrogen (secondary N) is 2. The summed E-state index contributed by atoms with van der Waals surface area (Å²) >= 11 is 0. The molecule has 0 amide bonds. The summed E-state index contributed by atoms with van der Waals surface area (Å²) < 4.78 is 0. The molecular formula is C14H17N5. The number of aryl methyl sites for hydroxylation is 1. The summed E-state index contributed by atoms with van der Waals surface area (Å²) in [6.07, 6.45) is 6.49. The van der Waals surface area contributed by atoms with E-state index in [1.807, 2.05) is 25.3 Å². The topological polar surface area (TPSA) is 62.7 Å². The molecule has 0 spiro atoms. The van der Waals surface area contributed by atoms with E-state index in [2.05, 4.69) is 25.6 Å². The van der Waals surface area contributed by atoms with Gasteiger partial charge >= 0.3 is 0 Å². The van der Waals surface area contributed by atoms with Crippen molar-refractivity contribution in [1.82, 2.24) is 20.3 Å². The molecule has 2 aromatic heterocycles. The fourth-order valence-corrected chi connectivity index (χ4v) is 2.26. The second-order valence-corrected chi connectivity index (χ2v) is 4.78. The van der Waals surface area contributed by atoms with Gasteiger partial charge < -0.3 is 10.6 Å². The highest BCUT2D eigenvalue weighted by Gasteiger charge is 2.17. The van der Waals surface area contributed by atoms with Gasteiger partial charge in [-0.1, -0.05) is 0 Å². The first-order chi connectivity index (χ1) is 9.33. The molecule has 98 valence electrons. The molecule has 2 aromatic rings. The van der Waals surface area contributed by atoms with Crippen LogP contribution in [0, 0.1) is 6.92 Å². The fraction of sp³-hybridized carbons (Fsp3) is 0.357. The van der Waals surface area contributed by atoms with E-state index in [1.165, 1.54) is 0 Å². The lowest BCUT2D eigenvalue weighted by atomic mass is 10.2. The van der Waals surface area contributed by atoms with E-state index in [9.17, 15) is 0 Å². The normalized spacial score (nSPS) is 18.5. The molecule has 1 fully saturated rings. The van der Waals surface area contributed by atoms with E-state index in [0.717, 1.165) is 42.3 Å². The number of anilines is 1. The van der Waals surface area contributed by atoms with Gasteiger partial charge in [-0.05, 0) is 32.0 Å². The van der Waals surface area contributed by atoms with Gasteiger partial charge in [0.2, 0.25) is 0 Å². The van der Waals surface area contributed by atoms with Crippen molar-refractivity contribution in [1.29, 1.82) is 0 Å². The van der Waals surface area contributed by atoms with E-state index >= 15 is 0 Å². The van der Waals surface area contributed by atoms with Crippen molar-refractivity contribution >= 4 is 5.82 Å². The summed E-state index contributed by atoms with van der Waals surface area (Å²) in [4.78, 5) is 13.2. The van der Waals surface area contributed by atoms with E-state index < -0.39 is 0 Å². The molecule has 3 rings (SSSR count). The standard InChI is InChI=1S/C14H17N5/c1-10-7-17-14(19-12-4-6-16-9-12)13(18-10)11-3-2-5-15-8-11/h2-3,5,7-8,12,16H,4,6,9H2,1H3,(H,17,19)/t12-/m1/s1. The summed E-state index contributed by atoms with van der Waals surface area (Å²) in [5.74, 6) is 0.840. The van der Waals surface area contributed by atoms with Crippen molar-refractivity contribution < 1.29 is 0 Å². The highest BCUT2D eigenvalue weighted by atomic mass is 15.1. The lowest BCUT2D eigenvalue weighted by molar-refractivity contribution is 0.786. The third-order valence-corrected chi connectivity index (χ3v) is 3.23. The maximum Gasteiger partial charge on any atom is 0.152 e. The molecule has 0 aliphatic carbocycles. The molecule has 1 aliphatic heterocycles. The van der Waals surface area contributed by atoms with Crippen molar-refractivity contribution in [3.05, 3.63) is 36.4 Å². The molecule has 5 nitrogen and oxygen atoms in total. The molecule has 2 N–H and O–H groups in total. The van der Waals surface area contributed by atoms with Gasteiger partial charge in [-0.2, -0.15) is 0 Å². The van der Waals surface area contributed by atoms with E-state index in [-0.39, 0.29) is 0 Å². The Kier molecular flexibility index (Phi) is 3.37. The molecule has 0 radical (unpaired) electrons. The first kappa shape index (κ1) is 12.0. The van der Waals surface area contributed by atoms with Gasteiger partial charge in [0.05, 0.1) is 11.9 Å². The third kappa shape index (κ3) is 2.71. The van der Waals surface area contributed by atoms with E-state index in [4.69, 9.17) is 0 Å². The number of pyridine rings is 1. The van der Waals surface area contributed by atoms with Gasteiger partial charge in [-0.25, -0.2) is 9.97 Å². The Balaban J connectivity index is 1.94. The molecule has 3 heterocycles. The maximum atomic E-state index is 4.60. The first-order valence-electron chi connectivity index (χ1n) is 6.54. The predicted molar refractivity (Wildman–Crippen MR) is 74.9 cm³/mol. The molecule has 1 atom stereocenters. The molecule has 19 heavy (non-hydrogen) atoms. The number of rotatable bonds is 3. The number of hydrogen-bond donors (Lipinski definition) is 2. The lowest BCUT2D eigenvalue weighted by Gasteiger charge is -2.15. The molecule has 0 unspecified atom stereocenters. The minimum Gasteiger partial charge on any atom is -0.364 e. The molecule has 0 aromatic carbocycles. The predicted octanol–water partition coefficient (Wildman–Crippen LogP) is 1.62. The van der Waals surface area contributed by atoms with Gasteiger partial charge in [-0.15, -0.1) is 0 Å². The Hall–Kier alpha value is -2.01. The molecular weight excluding hydrogens is 238 g/mol. The number of nitrogens with zero attached hydrogens (tertiary/aromatic N) is 3. The SMILES string of the molecule is Cc1cnc(N[C@@H]2CCNC2)c(-c2cccnc2)n1. The van der Waals surface area contributed by atoms with Gasteiger partial charge in [-0.3, -0.25) is 4.98 Å². The van der Waals surface area contributed by atoms with Gasteiger partial charge in [0.15, 0.2) is 5.82 Å². The Morgan fingerprint density at radius 2 is 2.32 bits per heavy atom. The second-order valence-electron chi connectivity index (χ2n) is 4.78. The minimum absolute atomic E-state index is 0.424. The van der Waals surface area contributed by atoms with Crippen LogP contribution in [0.1, 0.15) is 12.1 Å². The zero-order chi connectivity index (χ0) is 13.1. The van der Waals surface area contributed by atoms with E-state index in [1.54, 1.807) is 12.4 Å². The Morgan fingerprint density at radius 1 is 1.37 bits per heavy atom. The highest BCUT2D eigenvalue weighted by Crippen LogP contribution is 2.24. The van der Waals surface area contributed by atoms with Crippen molar-refractivity contribution in [3.63, 3.8) is 0 Å². The van der Waals surface area contributed by atoms with Crippen molar-refractivity contribution in [3.8, 4) is 11.3 Å². The monoisotopic (exact) mass is 255 g/mol. The lowest BCUT2D eigenvalue weighted by Crippen LogP contribution is -2.23. The van der Waals surface area contributed by atoms with Crippen LogP contribution in [0.4, 0.5) is 5.82 Å². The Labute approximate surface area is 112 Å². The van der Waals surface area contributed by atoms with Crippen LogP contribution >= 0.6 is 0 Å². The van der Waals surface area contributed by atoms with Crippen LogP contribution in [0.15, 0.2) is 30.7 Å². The van der Waals surface area contributed by atoms with Gasteiger partial charge in [0.25, 0.3) is 0 Å². The Morgan fingerprint density at radius 3 is 3.05 bits per heavy atom. The molecule has 1 saturated heterocycles. The second kappa shape index (κ2) is 5.32. The minimum atomic E-state index is 0.424. The van der Waals surface area contributed by atoms with Crippen LogP contribution < -0.4 is 10.6 Å². The van der Waals surface area contributed by atoms with Crippen LogP contribution in [0.2, 0.25) is 0 Å². The smallest absolute Gasteiger partial charge is 0.152 e. The maximum absolute atomic E-state index is 4.60. The third-order valence-electron chi connectivity index (χ3n) is 3.23. The summed E-state index contributed by atoms with van der Waals surface area (Å²) in [5.41, 5.74) is 2.78. The van der Waals surface area contributed by atoms with E-state index in [0.29, 0.717) is 6.04 Å². The molecule has 5 heteroatoms. The van der Waals surface area contributed by atoms with Crippen LogP contribution in [0.25, 0.3) is 11.3 Å². The van der Waals surface area contributed by atoms with Crippen LogP contribution in [0.3, 0.4) is 0 Å². The average Bonchev–Trinajstić information content (AvgIpc) is 2.95. The fourth-order valence-electron chi connectivity index (χ4n) is 2.26. The number of hydrogen-bond acceptors (Lipinski definition) is 5. The Bertz CT molecular complexity index is 549. The van der Waals surface area contributed by atoms with Crippen molar-refractivity contribution in [2.75, 3.05) is 18.4 Å². The zero-order valence-electron chi connectivity index (χ0n) is 10.9. The van der Waals surface area contributed by atoms with Crippen molar-refractivity contribution in [2.24, 2.45) is 0 Å². The van der Waals surface area contributed by atoms with Crippen molar-refractivity contribution in [2.45, 2.75) is 19.4 Å². The number of aromatic nitrogens is 3. The van der Waals surface area contributed by atoms with Crippen LogP contribution in [-0.2, 0) is 0 Å². The molecule has 0 saturated carbocycles. The zero-order valence-corrected chi connectivity index (χ0v) is 10.9. The largest absolute Gasteiger partial charge is 0.364 e. The molecule has 1 aliphatic rings. The summed E-state index contributed by atoms with van der Waals surface area (Å²) in [7, 11) is 0. The van der Waals surface area contributed by atoms with Crippen LogP contribution in [-0.4, -0.2) is 34.1 Å². The summed E-state index contributed by atoms with van der Waals surface area (Å²) in [6.45, 7) is 3.98. The van der Waals surface area contributed by atoms with Crippen LogP contribution in [0.5, 0.6) is 0 Å². The highest BCUT2D eigenvalue weighted by molar-refractivity contribution is 5.70. The summed E-state index contributed by atoms with van der Waals surface area (Å²) in [6, 6.07) is 4.35. The van der Waals surface area contributed by atoms with Gasteiger partial charge in [0.1, 0.15) is 5.69 Å². The quantitative estimate of drug-likeness (QED) is 0.872. The summed E-state index contributed by atoms with van der Waals surface area (Å²) in [5, 5.41) is 6.81. The molecule has 0 bridgehead atoms. The average molecular weight is 255 g/mol. The first-order valence-corrected chi connectivity index (χ1v) is 6.54. The van der Waals surface area contributed by atoms with Gasteiger partial charge in [0, 0.05) is 30.5 Å².